The Morgan fingerprint density at radius 2 is 1.65 bits per heavy atom. The second-order valence-corrected chi connectivity index (χ2v) is 9.12. The van der Waals surface area contributed by atoms with E-state index in [1.807, 2.05) is 61.5 Å². The Bertz CT molecular complexity index is 880. The second kappa shape index (κ2) is 13.6. The molecule has 1 aliphatic carbocycles. The number of carbonyl (C=O) groups is 2. The molecule has 1 fully saturated rings. The summed E-state index contributed by atoms with van der Waals surface area (Å²) in [5, 5.41) is 9.43. The SMILES string of the molecule is CCC(C(=O)NC(CC1CCCCC1)C(=O)NCCNc1ccc(OC)cc1)c1ccccc1. The molecule has 0 heterocycles. The Kier molecular flexibility index (Phi) is 10.3. The van der Waals surface area contributed by atoms with Gasteiger partial charge in [-0.2, -0.15) is 0 Å². The summed E-state index contributed by atoms with van der Waals surface area (Å²) in [6.45, 7) is 3.10. The predicted octanol–water partition coefficient (Wildman–Crippen LogP) is 4.87. The smallest absolute Gasteiger partial charge is 0.242 e. The number of hydrogen-bond donors (Lipinski definition) is 3. The van der Waals surface area contributed by atoms with Crippen LogP contribution in [0.15, 0.2) is 54.6 Å². The van der Waals surface area contributed by atoms with Crippen LogP contribution in [-0.4, -0.2) is 38.1 Å². The fourth-order valence-electron chi connectivity index (χ4n) is 4.74. The molecule has 0 saturated heterocycles. The maximum absolute atomic E-state index is 13.2. The van der Waals surface area contributed by atoms with E-state index in [1.54, 1.807) is 7.11 Å². The minimum Gasteiger partial charge on any atom is -0.497 e. The first-order valence-corrected chi connectivity index (χ1v) is 12.6. The van der Waals surface area contributed by atoms with Crippen LogP contribution in [0.25, 0.3) is 0 Å². The third kappa shape index (κ3) is 7.79. The first-order valence-electron chi connectivity index (χ1n) is 12.6. The lowest BCUT2D eigenvalue weighted by molar-refractivity contribution is -0.130. The molecule has 184 valence electrons. The van der Waals surface area contributed by atoms with Crippen molar-refractivity contribution < 1.29 is 14.3 Å². The lowest BCUT2D eigenvalue weighted by Crippen LogP contribution is -2.49. The maximum Gasteiger partial charge on any atom is 0.242 e. The molecular formula is C28H39N3O3. The number of carbonyl (C=O) groups excluding carboxylic acids is 2. The van der Waals surface area contributed by atoms with Crippen molar-refractivity contribution in [2.75, 3.05) is 25.5 Å². The van der Waals surface area contributed by atoms with Crippen LogP contribution in [-0.2, 0) is 9.59 Å². The topological polar surface area (TPSA) is 79.5 Å². The second-order valence-electron chi connectivity index (χ2n) is 9.12. The zero-order valence-corrected chi connectivity index (χ0v) is 20.5. The molecular weight excluding hydrogens is 426 g/mol. The van der Waals surface area contributed by atoms with E-state index in [4.69, 9.17) is 4.74 Å². The normalized spacial score (nSPS) is 15.7. The van der Waals surface area contributed by atoms with E-state index in [-0.39, 0.29) is 17.7 Å². The number of benzene rings is 2. The third-order valence-corrected chi connectivity index (χ3v) is 6.70. The number of amides is 2. The van der Waals surface area contributed by atoms with Gasteiger partial charge in [-0.1, -0.05) is 69.4 Å². The Morgan fingerprint density at radius 1 is 0.941 bits per heavy atom. The van der Waals surface area contributed by atoms with Crippen LogP contribution in [0.1, 0.15) is 63.4 Å². The summed E-state index contributed by atoms with van der Waals surface area (Å²) in [7, 11) is 1.64. The highest BCUT2D eigenvalue weighted by molar-refractivity contribution is 5.90. The summed E-state index contributed by atoms with van der Waals surface area (Å²) in [6.07, 6.45) is 7.35. The highest BCUT2D eigenvalue weighted by atomic mass is 16.5. The lowest BCUT2D eigenvalue weighted by Gasteiger charge is -2.28. The van der Waals surface area contributed by atoms with Crippen molar-refractivity contribution in [1.29, 1.82) is 0 Å². The molecule has 2 atom stereocenters. The molecule has 0 radical (unpaired) electrons. The number of anilines is 1. The first kappa shape index (κ1) is 25.6. The number of rotatable bonds is 12. The van der Waals surface area contributed by atoms with Gasteiger partial charge in [0.1, 0.15) is 11.8 Å². The van der Waals surface area contributed by atoms with Crippen LogP contribution in [0.3, 0.4) is 0 Å². The summed E-state index contributed by atoms with van der Waals surface area (Å²) >= 11 is 0. The minimum atomic E-state index is -0.505. The zero-order valence-electron chi connectivity index (χ0n) is 20.5. The van der Waals surface area contributed by atoms with Gasteiger partial charge in [0.05, 0.1) is 13.0 Å². The quantitative estimate of drug-likeness (QED) is 0.391. The molecule has 0 aromatic heterocycles. The number of methoxy groups -OCH3 is 1. The van der Waals surface area contributed by atoms with Crippen LogP contribution in [0.2, 0.25) is 0 Å². The van der Waals surface area contributed by atoms with E-state index in [0.29, 0.717) is 31.8 Å². The fraction of sp³-hybridized carbons (Fsp3) is 0.500. The highest BCUT2D eigenvalue weighted by Crippen LogP contribution is 2.28. The first-order chi connectivity index (χ1) is 16.6. The average Bonchev–Trinajstić information content (AvgIpc) is 2.88. The highest BCUT2D eigenvalue weighted by Gasteiger charge is 2.28. The van der Waals surface area contributed by atoms with Gasteiger partial charge in [0.15, 0.2) is 0 Å². The van der Waals surface area contributed by atoms with Gasteiger partial charge in [0.2, 0.25) is 11.8 Å². The maximum atomic E-state index is 13.2. The molecule has 1 saturated carbocycles. The molecule has 1 aliphatic rings. The molecule has 3 rings (SSSR count). The standard InChI is InChI=1S/C28H39N3O3/c1-3-25(22-12-8-5-9-13-22)27(32)31-26(20-21-10-6-4-7-11-21)28(33)30-19-18-29-23-14-16-24(34-2)17-15-23/h5,8-9,12-17,21,25-26,29H,3-4,6-7,10-11,18-20H2,1-2H3,(H,30,33)(H,31,32). The van der Waals surface area contributed by atoms with Crippen LogP contribution < -0.4 is 20.7 Å². The number of hydrogen-bond acceptors (Lipinski definition) is 4. The Labute approximate surface area is 203 Å². The lowest BCUT2D eigenvalue weighted by atomic mass is 9.84. The van der Waals surface area contributed by atoms with Crippen molar-refractivity contribution in [3.8, 4) is 5.75 Å². The molecule has 2 amide bonds. The number of ether oxygens (including phenoxy) is 1. The summed E-state index contributed by atoms with van der Waals surface area (Å²) in [5.74, 6) is 0.874. The van der Waals surface area contributed by atoms with Gasteiger partial charge in [-0.3, -0.25) is 9.59 Å². The van der Waals surface area contributed by atoms with Crippen LogP contribution in [0.4, 0.5) is 5.69 Å². The molecule has 2 aromatic rings. The van der Waals surface area contributed by atoms with Crippen molar-refractivity contribution in [3.63, 3.8) is 0 Å². The third-order valence-electron chi connectivity index (χ3n) is 6.70. The van der Waals surface area contributed by atoms with Gasteiger partial charge < -0.3 is 20.7 Å². The molecule has 2 aromatic carbocycles. The van der Waals surface area contributed by atoms with Crippen LogP contribution >= 0.6 is 0 Å². The Hall–Kier alpha value is -3.02. The summed E-state index contributed by atoms with van der Waals surface area (Å²) in [4.78, 5) is 26.3. The van der Waals surface area contributed by atoms with Crippen molar-refractivity contribution in [1.82, 2.24) is 10.6 Å². The van der Waals surface area contributed by atoms with E-state index in [1.165, 1.54) is 19.3 Å². The van der Waals surface area contributed by atoms with Gasteiger partial charge in [0.25, 0.3) is 0 Å². The molecule has 2 unspecified atom stereocenters. The molecule has 6 nitrogen and oxygen atoms in total. The number of nitrogens with one attached hydrogen (secondary N) is 3. The van der Waals surface area contributed by atoms with Gasteiger partial charge in [-0.25, -0.2) is 0 Å². The van der Waals surface area contributed by atoms with Gasteiger partial charge >= 0.3 is 0 Å². The van der Waals surface area contributed by atoms with E-state index in [9.17, 15) is 9.59 Å². The van der Waals surface area contributed by atoms with Crippen LogP contribution in [0, 0.1) is 5.92 Å². The molecule has 6 heteroatoms. The average molecular weight is 466 g/mol. The van der Waals surface area contributed by atoms with Crippen LogP contribution in [0.5, 0.6) is 5.75 Å². The van der Waals surface area contributed by atoms with Crippen molar-refractivity contribution in [2.45, 2.75) is 63.8 Å². The minimum absolute atomic E-state index is 0.0685. The fourth-order valence-corrected chi connectivity index (χ4v) is 4.74. The molecule has 0 spiro atoms. The van der Waals surface area contributed by atoms with E-state index in [2.05, 4.69) is 16.0 Å². The molecule has 34 heavy (non-hydrogen) atoms. The molecule has 3 N–H and O–H groups in total. The Balaban J connectivity index is 1.56. The van der Waals surface area contributed by atoms with E-state index >= 15 is 0 Å². The van der Waals surface area contributed by atoms with E-state index < -0.39 is 6.04 Å². The summed E-state index contributed by atoms with van der Waals surface area (Å²) < 4.78 is 5.18. The molecule has 0 aliphatic heterocycles. The van der Waals surface area contributed by atoms with E-state index in [0.717, 1.165) is 29.8 Å². The molecule has 0 bridgehead atoms. The summed E-state index contributed by atoms with van der Waals surface area (Å²) in [6, 6.07) is 17.0. The van der Waals surface area contributed by atoms with Crippen molar-refractivity contribution in [2.24, 2.45) is 5.92 Å². The zero-order chi connectivity index (χ0) is 24.2. The van der Waals surface area contributed by atoms with Gasteiger partial charge in [0, 0.05) is 18.8 Å². The monoisotopic (exact) mass is 465 g/mol. The largest absolute Gasteiger partial charge is 0.497 e. The summed E-state index contributed by atoms with van der Waals surface area (Å²) in [5.41, 5.74) is 1.96. The van der Waals surface area contributed by atoms with Gasteiger partial charge in [-0.05, 0) is 48.6 Å². The van der Waals surface area contributed by atoms with Crippen molar-refractivity contribution in [3.05, 3.63) is 60.2 Å². The van der Waals surface area contributed by atoms with Gasteiger partial charge in [-0.15, -0.1) is 0 Å². The Morgan fingerprint density at radius 3 is 2.29 bits per heavy atom. The predicted molar refractivity (Wildman–Crippen MR) is 137 cm³/mol. The van der Waals surface area contributed by atoms with Crippen molar-refractivity contribution >= 4 is 17.5 Å².